The van der Waals surface area contributed by atoms with Crippen LogP contribution in [0.1, 0.15) is 5.69 Å². The van der Waals surface area contributed by atoms with E-state index in [0.29, 0.717) is 4.77 Å². The number of rotatable bonds is 2. The summed E-state index contributed by atoms with van der Waals surface area (Å²) in [6.45, 7) is 4.98. The highest BCUT2D eigenvalue weighted by Gasteiger charge is 2.13. The molecule has 1 aromatic rings. The van der Waals surface area contributed by atoms with Crippen LogP contribution in [0, 0.1) is 4.77 Å². The first-order chi connectivity index (χ1) is 7.63. The molecule has 0 saturated carbocycles. The van der Waals surface area contributed by atoms with Gasteiger partial charge in [-0.3, -0.25) is 14.7 Å². The zero-order valence-corrected chi connectivity index (χ0v) is 10.1. The van der Waals surface area contributed by atoms with Crippen molar-refractivity contribution in [2.24, 2.45) is 0 Å². The Morgan fingerprint density at radius 3 is 2.62 bits per heavy atom. The molecule has 0 aromatic carbocycles. The van der Waals surface area contributed by atoms with E-state index in [1.165, 1.54) is 0 Å². The van der Waals surface area contributed by atoms with Gasteiger partial charge in [0.2, 0.25) is 0 Å². The third-order valence-corrected chi connectivity index (χ3v) is 3.01. The molecule has 0 spiro atoms. The lowest BCUT2D eigenvalue weighted by atomic mass is 10.3. The highest BCUT2D eigenvalue weighted by Crippen LogP contribution is 2.03. The number of piperazine rings is 1. The van der Waals surface area contributed by atoms with Crippen molar-refractivity contribution >= 4 is 12.2 Å². The summed E-state index contributed by atoms with van der Waals surface area (Å²) in [5, 5.41) is 0. The Bertz CT molecular complexity index is 430. The third kappa shape index (κ3) is 3.01. The van der Waals surface area contributed by atoms with E-state index in [2.05, 4.69) is 26.8 Å². The van der Waals surface area contributed by atoms with E-state index in [1.54, 1.807) is 6.07 Å². The second kappa shape index (κ2) is 4.90. The van der Waals surface area contributed by atoms with Gasteiger partial charge >= 0.3 is 0 Å². The van der Waals surface area contributed by atoms with Gasteiger partial charge in [-0.05, 0) is 19.3 Å². The van der Waals surface area contributed by atoms with E-state index in [-0.39, 0.29) is 5.56 Å². The van der Waals surface area contributed by atoms with Crippen LogP contribution < -0.4 is 5.56 Å². The lowest BCUT2D eigenvalue weighted by Crippen LogP contribution is -2.44. The zero-order chi connectivity index (χ0) is 11.5. The van der Waals surface area contributed by atoms with Crippen LogP contribution in [0.4, 0.5) is 0 Å². The fourth-order valence-corrected chi connectivity index (χ4v) is 2.08. The summed E-state index contributed by atoms with van der Waals surface area (Å²) < 4.78 is 0.400. The highest BCUT2D eigenvalue weighted by molar-refractivity contribution is 7.71. The van der Waals surface area contributed by atoms with Crippen LogP contribution in [-0.4, -0.2) is 53.0 Å². The molecule has 2 N–H and O–H groups in total. The fourth-order valence-electron chi connectivity index (χ4n) is 1.85. The SMILES string of the molecule is CN1CCN(Cc2cc(=O)[nH]c(=S)[nH]2)CC1. The first kappa shape index (κ1) is 11.5. The lowest BCUT2D eigenvalue weighted by Gasteiger charge is -2.32. The van der Waals surface area contributed by atoms with Gasteiger partial charge in [0.15, 0.2) is 4.77 Å². The average molecular weight is 240 g/mol. The summed E-state index contributed by atoms with van der Waals surface area (Å²) in [5.74, 6) is 0. The van der Waals surface area contributed by atoms with Gasteiger partial charge in [0.05, 0.1) is 0 Å². The van der Waals surface area contributed by atoms with Crippen LogP contribution in [-0.2, 0) is 6.54 Å². The topological polar surface area (TPSA) is 55.1 Å². The summed E-state index contributed by atoms with van der Waals surface area (Å²) in [6, 6.07) is 1.58. The molecule has 1 fully saturated rings. The van der Waals surface area contributed by atoms with Crippen molar-refractivity contribution in [1.82, 2.24) is 19.8 Å². The minimum Gasteiger partial charge on any atom is -0.335 e. The second-order valence-corrected chi connectivity index (χ2v) is 4.60. The van der Waals surface area contributed by atoms with Crippen molar-refractivity contribution < 1.29 is 0 Å². The molecule has 1 saturated heterocycles. The maximum absolute atomic E-state index is 11.2. The lowest BCUT2D eigenvalue weighted by molar-refractivity contribution is 0.147. The molecule has 0 unspecified atom stereocenters. The monoisotopic (exact) mass is 240 g/mol. The fraction of sp³-hybridized carbons (Fsp3) is 0.600. The molecule has 0 bridgehead atoms. The molecule has 0 atom stereocenters. The summed E-state index contributed by atoms with van der Waals surface area (Å²) in [5.41, 5.74) is 0.756. The van der Waals surface area contributed by atoms with Gasteiger partial charge in [0.1, 0.15) is 0 Å². The smallest absolute Gasteiger partial charge is 0.251 e. The summed E-state index contributed by atoms with van der Waals surface area (Å²) in [6.07, 6.45) is 0. The van der Waals surface area contributed by atoms with E-state index in [1.807, 2.05) is 0 Å². The third-order valence-electron chi connectivity index (χ3n) is 2.81. The molecule has 2 rings (SSSR count). The number of likely N-dealkylation sites (N-methyl/N-ethyl adjacent to an activating group) is 1. The molecule has 1 aliphatic rings. The zero-order valence-electron chi connectivity index (χ0n) is 9.32. The van der Waals surface area contributed by atoms with Crippen molar-refractivity contribution in [2.45, 2.75) is 6.54 Å². The summed E-state index contributed by atoms with van der Waals surface area (Å²) in [4.78, 5) is 21.4. The molecule has 6 heteroatoms. The molecular formula is C10H16N4OS. The van der Waals surface area contributed by atoms with Crippen LogP contribution in [0.15, 0.2) is 10.9 Å². The van der Waals surface area contributed by atoms with Crippen LogP contribution >= 0.6 is 12.2 Å². The van der Waals surface area contributed by atoms with Crippen molar-refractivity contribution in [3.63, 3.8) is 0 Å². The number of H-pyrrole nitrogens is 2. The predicted molar refractivity (Wildman–Crippen MR) is 65.0 cm³/mol. The molecule has 1 aliphatic heterocycles. The number of hydrogen-bond donors (Lipinski definition) is 2. The first-order valence-electron chi connectivity index (χ1n) is 5.37. The van der Waals surface area contributed by atoms with Crippen LogP contribution in [0.3, 0.4) is 0 Å². The number of aromatic amines is 2. The average Bonchev–Trinajstić information content (AvgIpc) is 2.20. The number of nitrogens with one attached hydrogen (secondary N) is 2. The van der Waals surface area contributed by atoms with Crippen molar-refractivity contribution in [3.8, 4) is 0 Å². The van der Waals surface area contributed by atoms with E-state index < -0.39 is 0 Å². The molecule has 0 aliphatic carbocycles. The van der Waals surface area contributed by atoms with Crippen molar-refractivity contribution in [2.75, 3.05) is 33.2 Å². The molecule has 16 heavy (non-hydrogen) atoms. The maximum Gasteiger partial charge on any atom is 0.251 e. The largest absolute Gasteiger partial charge is 0.335 e. The summed E-state index contributed by atoms with van der Waals surface area (Å²) >= 11 is 4.94. The Balaban J connectivity index is 2.04. The van der Waals surface area contributed by atoms with Gasteiger partial charge in [0, 0.05) is 44.5 Å². The Labute approximate surface area is 99.1 Å². The minimum absolute atomic E-state index is 0.132. The second-order valence-electron chi connectivity index (χ2n) is 4.19. The Morgan fingerprint density at radius 2 is 2.00 bits per heavy atom. The van der Waals surface area contributed by atoms with Gasteiger partial charge in [-0.25, -0.2) is 0 Å². The number of hydrogen-bond acceptors (Lipinski definition) is 4. The molecule has 2 heterocycles. The van der Waals surface area contributed by atoms with Crippen LogP contribution in [0.5, 0.6) is 0 Å². The minimum atomic E-state index is -0.132. The van der Waals surface area contributed by atoms with E-state index in [0.717, 1.165) is 38.4 Å². The van der Waals surface area contributed by atoms with E-state index in [9.17, 15) is 4.79 Å². The van der Waals surface area contributed by atoms with Crippen molar-refractivity contribution in [1.29, 1.82) is 0 Å². The van der Waals surface area contributed by atoms with E-state index in [4.69, 9.17) is 12.2 Å². The van der Waals surface area contributed by atoms with Gasteiger partial charge in [-0.1, -0.05) is 0 Å². The van der Waals surface area contributed by atoms with Crippen molar-refractivity contribution in [3.05, 3.63) is 26.9 Å². The number of aromatic nitrogens is 2. The maximum atomic E-state index is 11.2. The van der Waals surface area contributed by atoms with Crippen LogP contribution in [0.25, 0.3) is 0 Å². The standard InChI is InChI=1S/C10H16N4OS/c1-13-2-4-14(5-3-13)7-8-6-9(15)12-10(16)11-8/h6H,2-5,7H2,1H3,(H2,11,12,15,16). The predicted octanol–water partition coefficient (Wildman–Crippen LogP) is 0.180. The molecule has 0 radical (unpaired) electrons. The Morgan fingerprint density at radius 1 is 1.31 bits per heavy atom. The summed E-state index contributed by atoms with van der Waals surface area (Å²) in [7, 11) is 2.12. The van der Waals surface area contributed by atoms with Crippen LogP contribution in [0.2, 0.25) is 0 Å². The highest BCUT2D eigenvalue weighted by atomic mass is 32.1. The quantitative estimate of drug-likeness (QED) is 0.724. The number of nitrogens with zero attached hydrogens (tertiary/aromatic N) is 2. The van der Waals surface area contributed by atoms with E-state index >= 15 is 0 Å². The van der Waals surface area contributed by atoms with Gasteiger partial charge < -0.3 is 9.88 Å². The molecule has 5 nitrogen and oxygen atoms in total. The first-order valence-corrected chi connectivity index (χ1v) is 5.78. The molecular weight excluding hydrogens is 224 g/mol. The Kier molecular flexibility index (Phi) is 3.52. The normalized spacial score (nSPS) is 18.8. The molecule has 1 aromatic heterocycles. The van der Waals surface area contributed by atoms with Gasteiger partial charge in [-0.15, -0.1) is 0 Å². The Hall–Kier alpha value is -0.980. The molecule has 0 amide bonds. The van der Waals surface area contributed by atoms with Gasteiger partial charge in [0.25, 0.3) is 5.56 Å². The molecule has 88 valence electrons. The van der Waals surface area contributed by atoms with Gasteiger partial charge in [-0.2, -0.15) is 0 Å².